The Labute approximate surface area is 122 Å². The van der Waals surface area contributed by atoms with Crippen LogP contribution in [0.5, 0.6) is 0 Å². The fraction of sp³-hybridized carbons (Fsp3) is 0.588. The SMILES string of the molecule is Cc1ccccc1C1CCCN1C(=O)C(N)CC(C)C. The lowest BCUT2D eigenvalue weighted by molar-refractivity contribution is -0.133. The molecule has 1 aliphatic rings. The van der Waals surface area contributed by atoms with E-state index in [9.17, 15) is 4.79 Å². The Kier molecular flexibility index (Phi) is 4.81. The first-order valence-electron chi connectivity index (χ1n) is 7.62. The number of rotatable bonds is 4. The summed E-state index contributed by atoms with van der Waals surface area (Å²) in [5.41, 5.74) is 8.62. The Morgan fingerprint density at radius 3 is 2.75 bits per heavy atom. The van der Waals surface area contributed by atoms with Crippen LogP contribution in [0.4, 0.5) is 0 Å². The van der Waals surface area contributed by atoms with E-state index in [1.807, 2.05) is 11.0 Å². The molecule has 1 aromatic carbocycles. The average Bonchev–Trinajstić information content (AvgIpc) is 2.86. The molecule has 2 unspecified atom stereocenters. The van der Waals surface area contributed by atoms with Crippen molar-refractivity contribution in [1.82, 2.24) is 4.90 Å². The van der Waals surface area contributed by atoms with Gasteiger partial charge >= 0.3 is 0 Å². The summed E-state index contributed by atoms with van der Waals surface area (Å²) in [4.78, 5) is 14.6. The summed E-state index contributed by atoms with van der Waals surface area (Å²) in [7, 11) is 0. The molecule has 1 aromatic rings. The topological polar surface area (TPSA) is 46.3 Å². The van der Waals surface area contributed by atoms with E-state index in [1.54, 1.807) is 0 Å². The van der Waals surface area contributed by atoms with Crippen LogP contribution in [0.2, 0.25) is 0 Å². The molecular formula is C17H26N2O. The standard InChI is InChI=1S/C17H26N2O/c1-12(2)11-15(18)17(20)19-10-6-9-16(19)14-8-5-4-7-13(14)3/h4-5,7-8,12,15-16H,6,9-11,18H2,1-3H3. The number of benzene rings is 1. The molecule has 0 bridgehead atoms. The van der Waals surface area contributed by atoms with Crippen LogP contribution in [0.1, 0.15) is 50.3 Å². The van der Waals surface area contributed by atoms with E-state index < -0.39 is 0 Å². The second-order valence-corrected chi connectivity index (χ2v) is 6.28. The quantitative estimate of drug-likeness (QED) is 0.917. The van der Waals surface area contributed by atoms with Gasteiger partial charge in [0.25, 0.3) is 0 Å². The van der Waals surface area contributed by atoms with Crippen molar-refractivity contribution in [3.63, 3.8) is 0 Å². The van der Waals surface area contributed by atoms with Gasteiger partial charge in [-0.05, 0) is 43.2 Å². The number of nitrogens with two attached hydrogens (primary N) is 1. The molecule has 1 aliphatic heterocycles. The van der Waals surface area contributed by atoms with E-state index >= 15 is 0 Å². The molecule has 3 heteroatoms. The van der Waals surface area contributed by atoms with Crippen molar-refractivity contribution in [3.05, 3.63) is 35.4 Å². The third-order valence-corrected chi connectivity index (χ3v) is 4.13. The lowest BCUT2D eigenvalue weighted by Crippen LogP contribution is -2.44. The number of carbonyl (C=O) groups excluding carboxylic acids is 1. The van der Waals surface area contributed by atoms with Crippen LogP contribution in [-0.4, -0.2) is 23.4 Å². The molecule has 2 N–H and O–H groups in total. The molecular weight excluding hydrogens is 248 g/mol. The number of hydrogen-bond donors (Lipinski definition) is 1. The number of hydrogen-bond acceptors (Lipinski definition) is 2. The molecule has 2 atom stereocenters. The molecule has 110 valence electrons. The van der Waals surface area contributed by atoms with E-state index in [0.717, 1.165) is 25.8 Å². The van der Waals surface area contributed by atoms with Gasteiger partial charge < -0.3 is 10.6 Å². The van der Waals surface area contributed by atoms with Gasteiger partial charge in [-0.2, -0.15) is 0 Å². The minimum atomic E-state index is -0.361. The third kappa shape index (κ3) is 3.21. The van der Waals surface area contributed by atoms with E-state index in [4.69, 9.17) is 5.73 Å². The zero-order valence-electron chi connectivity index (χ0n) is 12.8. The summed E-state index contributed by atoms with van der Waals surface area (Å²) in [5, 5.41) is 0. The first-order chi connectivity index (χ1) is 9.50. The average molecular weight is 274 g/mol. The smallest absolute Gasteiger partial charge is 0.240 e. The Morgan fingerprint density at radius 1 is 1.40 bits per heavy atom. The zero-order valence-corrected chi connectivity index (χ0v) is 12.8. The lowest BCUT2D eigenvalue weighted by atomic mass is 9.98. The fourth-order valence-corrected chi connectivity index (χ4v) is 3.14. The third-order valence-electron chi connectivity index (χ3n) is 4.13. The maximum absolute atomic E-state index is 12.6. The molecule has 0 aromatic heterocycles. The van der Waals surface area contributed by atoms with Gasteiger partial charge in [-0.25, -0.2) is 0 Å². The summed E-state index contributed by atoms with van der Waals surface area (Å²) >= 11 is 0. The van der Waals surface area contributed by atoms with Crippen molar-refractivity contribution in [2.75, 3.05) is 6.54 Å². The summed E-state index contributed by atoms with van der Waals surface area (Å²) in [6.07, 6.45) is 2.87. The fourth-order valence-electron chi connectivity index (χ4n) is 3.14. The van der Waals surface area contributed by atoms with Crippen molar-refractivity contribution in [3.8, 4) is 0 Å². The molecule has 0 aliphatic carbocycles. The van der Waals surface area contributed by atoms with E-state index in [0.29, 0.717) is 5.92 Å². The summed E-state index contributed by atoms with van der Waals surface area (Å²) in [5.74, 6) is 0.568. The van der Waals surface area contributed by atoms with Gasteiger partial charge in [-0.1, -0.05) is 38.1 Å². The van der Waals surface area contributed by atoms with Gasteiger partial charge in [0.1, 0.15) is 0 Å². The van der Waals surface area contributed by atoms with Gasteiger partial charge in [0.15, 0.2) is 0 Å². The molecule has 1 saturated heterocycles. The second kappa shape index (κ2) is 6.40. The van der Waals surface area contributed by atoms with E-state index in [-0.39, 0.29) is 18.0 Å². The van der Waals surface area contributed by atoms with E-state index in [1.165, 1.54) is 11.1 Å². The minimum Gasteiger partial charge on any atom is -0.334 e. The maximum Gasteiger partial charge on any atom is 0.240 e. The molecule has 0 saturated carbocycles. The highest BCUT2D eigenvalue weighted by Gasteiger charge is 2.33. The molecule has 1 heterocycles. The van der Waals surface area contributed by atoms with Crippen molar-refractivity contribution in [2.24, 2.45) is 11.7 Å². The van der Waals surface area contributed by atoms with Crippen LogP contribution in [-0.2, 0) is 4.79 Å². The summed E-state index contributed by atoms with van der Waals surface area (Å²) < 4.78 is 0. The minimum absolute atomic E-state index is 0.115. The van der Waals surface area contributed by atoms with Gasteiger partial charge in [0.2, 0.25) is 5.91 Å². The Balaban J connectivity index is 2.15. The number of aryl methyl sites for hydroxylation is 1. The van der Waals surface area contributed by atoms with Crippen molar-refractivity contribution >= 4 is 5.91 Å². The maximum atomic E-state index is 12.6. The van der Waals surface area contributed by atoms with Gasteiger partial charge in [0, 0.05) is 6.54 Å². The number of carbonyl (C=O) groups is 1. The monoisotopic (exact) mass is 274 g/mol. The summed E-state index contributed by atoms with van der Waals surface area (Å²) in [6.45, 7) is 7.17. The van der Waals surface area contributed by atoms with Crippen LogP contribution in [0.15, 0.2) is 24.3 Å². The highest BCUT2D eigenvalue weighted by molar-refractivity contribution is 5.82. The normalized spacial score (nSPS) is 20.4. The van der Waals surface area contributed by atoms with Crippen molar-refractivity contribution < 1.29 is 4.79 Å². The van der Waals surface area contributed by atoms with Crippen LogP contribution in [0.3, 0.4) is 0 Å². The zero-order chi connectivity index (χ0) is 14.7. The second-order valence-electron chi connectivity index (χ2n) is 6.28. The van der Waals surface area contributed by atoms with Crippen LogP contribution < -0.4 is 5.73 Å². The highest BCUT2D eigenvalue weighted by Crippen LogP contribution is 2.34. The van der Waals surface area contributed by atoms with E-state index in [2.05, 4.69) is 39.0 Å². The molecule has 20 heavy (non-hydrogen) atoms. The number of nitrogens with zero attached hydrogens (tertiary/aromatic N) is 1. The van der Waals surface area contributed by atoms with Gasteiger partial charge in [-0.3, -0.25) is 4.79 Å². The highest BCUT2D eigenvalue weighted by atomic mass is 16.2. The molecule has 1 fully saturated rings. The Morgan fingerprint density at radius 2 is 2.10 bits per heavy atom. The molecule has 0 radical (unpaired) electrons. The number of likely N-dealkylation sites (tertiary alicyclic amines) is 1. The predicted octanol–water partition coefficient (Wildman–Crippen LogP) is 3.03. The first kappa shape index (κ1) is 15.0. The molecule has 3 nitrogen and oxygen atoms in total. The Bertz CT molecular complexity index is 470. The number of amides is 1. The van der Waals surface area contributed by atoms with Crippen LogP contribution in [0.25, 0.3) is 0 Å². The van der Waals surface area contributed by atoms with Crippen molar-refractivity contribution in [2.45, 2.75) is 52.1 Å². The largest absolute Gasteiger partial charge is 0.334 e. The van der Waals surface area contributed by atoms with Crippen LogP contribution in [0, 0.1) is 12.8 Å². The van der Waals surface area contributed by atoms with Gasteiger partial charge in [-0.15, -0.1) is 0 Å². The Hall–Kier alpha value is -1.35. The van der Waals surface area contributed by atoms with Crippen LogP contribution >= 0.6 is 0 Å². The predicted molar refractivity (Wildman–Crippen MR) is 82.3 cm³/mol. The van der Waals surface area contributed by atoms with Gasteiger partial charge in [0.05, 0.1) is 12.1 Å². The molecule has 1 amide bonds. The molecule has 2 rings (SSSR count). The lowest BCUT2D eigenvalue weighted by Gasteiger charge is -2.29. The van der Waals surface area contributed by atoms with Crippen molar-refractivity contribution in [1.29, 1.82) is 0 Å². The molecule has 0 spiro atoms. The summed E-state index contributed by atoms with van der Waals surface area (Å²) in [6, 6.07) is 8.20. The first-order valence-corrected chi connectivity index (χ1v) is 7.62.